The van der Waals surface area contributed by atoms with E-state index in [-0.39, 0.29) is 23.3 Å². The Balaban J connectivity index is 1.54. The lowest BCUT2D eigenvalue weighted by atomic mass is 9.91. The number of likely N-dealkylation sites (tertiary alicyclic amines) is 1. The molecule has 2 aliphatic heterocycles. The number of aryl methyl sites for hydroxylation is 3. The number of pyridine rings is 1. The number of ether oxygens (including phenoxy) is 1. The predicted octanol–water partition coefficient (Wildman–Crippen LogP) is 5.98. The van der Waals surface area contributed by atoms with Crippen LogP contribution in [0.5, 0.6) is 5.75 Å². The van der Waals surface area contributed by atoms with Crippen molar-refractivity contribution in [3.8, 4) is 16.9 Å². The molecule has 6 rings (SSSR count). The summed E-state index contributed by atoms with van der Waals surface area (Å²) >= 11 is 0. The number of hydrogen-bond acceptors (Lipinski definition) is 5. The summed E-state index contributed by atoms with van der Waals surface area (Å²) < 4.78 is 52.8. The molecule has 2 atom stereocenters. The van der Waals surface area contributed by atoms with Crippen molar-refractivity contribution in [3.05, 3.63) is 122 Å². The van der Waals surface area contributed by atoms with E-state index in [4.69, 9.17) is 4.74 Å². The van der Waals surface area contributed by atoms with Gasteiger partial charge in [-0.3, -0.25) is 23.9 Å². The molecule has 256 valence electrons. The number of aromatic nitrogens is 1. The van der Waals surface area contributed by atoms with E-state index >= 15 is 8.78 Å². The van der Waals surface area contributed by atoms with Gasteiger partial charge in [0.25, 0.3) is 5.56 Å². The molecule has 3 aromatic carbocycles. The molecule has 2 N–H and O–H groups in total. The summed E-state index contributed by atoms with van der Waals surface area (Å²) in [6.45, 7) is 6.37. The zero-order valence-corrected chi connectivity index (χ0v) is 27.6. The van der Waals surface area contributed by atoms with E-state index < -0.39 is 53.7 Å². The number of halogens is 3. The SMILES string of the molecule is CCc1cc(CCN2CC(F)C2)cn([C@H]2C(=O)N[C@@H](CC(=O)O)c3cc(cc(C)c3F)-c3c(C)cccc3OCc3ccc(F)c2c3)c1=O. The molecule has 4 bridgehead atoms. The number of carbonyl (C=O) groups is 2. The Morgan fingerprint density at radius 1 is 1.02 bits per heavy atom. The minimum atomic E-state index is -1.59. The van der Waals surface area contributed by atoms with E-state index in [0.29, 0.717) is 66.0 Å². The van der Waals surface area contributed by atoms with Crippen LogP contribution in [0.3, 0.4) is 0 Å². The van der Waals surface area contributed by atoms with Crippen LogP contribution in [-0.4, -0.2) is 52.3 Å². The van der Waals surface area contributed by atoms with Crippen molar-refractivity contribution in [1.82, 2.24) is 14.8 Å². The minimum Gasteiger partial charge on any atom is -0.488 e. The maximum atomic E-state index is 16.0. The van der Waals surface area contributed by atoms with E-state index in [1.165, 1.54) is 35.0 Å². The molecule has 1 amide bonds. The van der Waals surface area contributed by atoms with Crippen LogP contribution < -0.4 is 15.6 Å². The number of carboxylic acids is 1. The fraction of sp³-hybridized carbons (Fsp3) is 0.342. The Bertz CT molecular complexity index is 1990. The number of fused-ring (bicyclic) bond motifs is 6. The van der Waals surface area contributed by atoms with Crippen molar-refractivity contribution in [2.75, 3.05) is 19.6 Å². The van der Waals surface area contributed by atoms with E-state index in [9.17, 15) is 23.9 Å². The average molecular weight is 674 g/mol. The highest BCUT2D eigenvalue weighted by molar-refractivity contribution is 5.85. The maximum absolute atomic E-state index is 16.0. The second kappa shape index (κ2) is 13.9. The Kier molecular flexibility index (Phi) is 9.65. The summed E-state index contributed by atoms with van der Waals surface area (Å²) in [4.78, 5) is 42.5. The Hall–Kier alpha value is -4.90. The van der Waals surface area contributed by atoms with Gasteiger partial charge in [0.2, 0.25) is 5.91 Å². The largest absolute Gasteiger partial charge is 0.488 e. The quantitative estimate of drug-likeness (QED) is 0.250. The molecule has 0 radical (unpaired) electrons. The van der Waals surface area contributed by atoms with Gasteiger partial charge in [0.1, 0.15) is 36.2 Å². The average Bonchev–Trinajstić information content (AvgIpc) is 3.04. The van der Waals surface area contributed by atoms with E-state index in [2.05, 4.69) is 5.32 Å². The maximum Gasteiger partial charge on any atom is 0.305 e. The standard InChI is InChI=1S/C38H38F3N3O5/c1-4-25-13-23(10-11-43-18-27(39)19-43)17-44(38(25)48)36-28-14-24(8-9-30(28)40)20-49-32-7-5-6-21(2)34(32)26-12-22(3)35(41)29(15-26)31(16-33(45)46)42-37(36)47/h5-9,12-15,17,27,31,36H,4,10-11,16,18-20H2,1-3H3,(H,42,47)(H,45,46)/t31-,36+/m0/s1. The molecular formula is C38H38F3N3O5. The van der Waals surface area contributed by atoms with Gasteiger partial charge in [-0.05, 0) is 90.9 Å². The van der Waals surface area contributed by atoms with Crippen LogP contribution in [0.25, 0.3) is 11.1 Å². The van der Waals surface area contributed by atoms with Gasteiger partial charge in [0.05, 0.1) is 12.5 Å². The van der Waals surface area contributed by atoms with Crippen LogP contribution in [0.4, 0.5) is 13.2 Å². The van der Waals surface area contributed by atoms with Crippen molar-refractivity contribution in [3.63, 3.8) is 0 Å². The van der Waals surface area contributed by atoms with E-state index in [1.54, 1.807) is 32.0 Å². The zero-order chi connectivity index (χ0) is 35.0. The fourth-order valence-electron chi connectivity index (χ4n) is 6.75. The first-order valence-electron chi connectivity index (χ1n) is 16.4. The van der Waals surface area contributed by atoms with Crippen LogP contribution in [0, 0.1) is 25.5 Å². The zero-order valence-electron chi connectivity index (χ0n) is 27.6. The monoisotopic (exact) mass is 673 g/mol. The van der Waals surface area contributed by atoms with Gasteiger partial charge in [-0.1, -0.05) is 25.1 Å². The number of hydrogen-bond donors (Lipinski definition) is 2. The van der Waals surface area contributed by atoms with Crippen LogP contribution >= 0.6 is 0 Å². The molecule has 3 heterocycles. The molecule has 1 fully saturated rings. The number of carbonyl (C=O) groups excluding carboxylic acids is 1. The van der Waals surface area contributed by atoms with Crippen molar-refractivity contribution >= 4 is 11.9 Å². The van der Waals surface area contributed by atoms with E-state index in [0.717, 1.165) is 5.56 Å². The summed E-state index contributed by atoms with van der Waals surface area (Å²) in [6.07, 6.45) is 0.714. The van der Waals surface area contributed by atoms with Crippen molar-refractivity contribution in [2.45, 2.75) is 64.9 Å². The van der Waals surface area contributed by atoms with Crippen molar-refractivity contribution < 1.29 is 32.6 Å². The van der Waals surface area contributed by atoms with E-state index in [1.807, 2.05) is 24.0 Å². The third-order valence-corrected chi connectivity index (χ3v) is 9.34. The smallest absolute Gasteiger partial charge is 0.305 e. The normalized spacial score (nSPS) is 18.1. The molecule has 49 heavy (non-hydrogen) atoms. The molecule has 8 nitrogen and oxygen atoms in total. The van der Waals surface area contributed by atoms with Crippen LogP contribution in [0.15, 0.2) is 65.6 Å². The van der Waals surface area contributed by atoms with Gasteiger partial charge < -0.3 is 15.2 Å². The summed E-state index contributed by atoms with van der Waals surface area (Å²) in [7, 11) is 0. The second-order valence-electron chi connectivity index (χ2n) is 12.9. The number of aliphatic carboxylic acids is 1. The second-order valence-corrected chi connectivity index (χ2v) is 12.9. The van der Waals surface area contributed by atoms with Crippen LogP contribution in [0.2, 0.25) is 0 Å². The van der Waals surface area contributed by atoms with Crippen molar-refractivity contribution in [2.24, 2.45) is 0 Å². The molecular weight excluding hydrogens is 635 g/mol. The number of alkyl halides is 1. The topological polar surface area (TPSA) is 101 Å². The summed E-state index contributed by atoms with van der Waals surface area (Å²) in [5.41, 5.74) is 3.16. The predicted molar refractivity (Wildman–Crippen MR) is 178 cm³/mol. The molecule has 4 aromatic rings. The number of rotatable bonds is 7. The van der Waals surface area contributed by atoms with Crippen molar-refractivity contribution in [1.29, 1.82) is 0 Å². The number of nitrogens with one attached hydrogen (secondary N) is 1. The third kappa shape index (κ3) is 6.98. The Morgan fingerprint density at radius 3 is 2.51 bits per heavy atom. The highest BCUT2D eigenvalue weighted by atomic mass is 19.1. The number of benzene rings is 3. The lowest BCUT2D eigenvalue weighted by Gasteiger charge is -2.34. The number of carboxylic acid groups (broad SMARTS) is 1. The molecule has 1 aromatic heterocycles. The van der Waals surface area contributed by atoms with Gasteiger partial charge >= 0.3 is 5.97 Å². The fourth-order valence-corrected chi connectivity index (χ4v) is 6.75. The summed E-state index contributed by atoms with van der Waals surface area (Å²) in [6, 6.07) is 11.6. The first kappa shape index (κ1) is 34.0. The number of amides is 1. The third-order valence-electron chi connectivity index (χ3n) is 9.34. The van der Waals surface area contributed by atoms with Gasteiger partial charge in [-0.25, -0.2) is 13.2 Å². The Morgan fingerprint density at radius 2 is 1.80 bits per heavy atom. The molecule has 0 saturated carbocycles. The van der Waals surface area contributed by atoms with Gasteiger partial charge in [0, 0.05) is 48.1 Å². The molecule has 11 heteroatoms. The molecule has 1 saturated heterocycles. The first-order valence-corrected chi connectivity index (χ1v) is 16.4. The lowest BCUT2D eigenvalue weighted by molar-refractivity contribution is -0.137. The van der Waals surface area contributed by atoms with Gasteiger partial charge in [0.15, 0.2) is 0 Å². The molecule has 0 spiro atoms. The van der Waals surface area contributed by atoms with Gasteiger partial charge in [-0.2, -0.15) is 0 Å². The van der Waals surface area contributed by atoms with Crippen LogP contribution in [-0.2, 0) is 29.0 Å². The number of nitrogens with zero attached hydrogens (tertiary/aromatic N) is 2. The Labute approximate surface area is 282 Å². The van der Waals surface area contributed by atoms with Gasteiger partial charge in [-0.15, -0.1) is 0 Å². The first-order chi connectivity index (χ1) is 23.4. The molecule has 0 aliphatic carbocycles. The molecule has 2 aliphatic rings. The minimum absolute atomic E-state index is 0.00665. The van der Waals surface area contributed by atoms with Crippen LogP contribution in [0.1, 0.15) is 64.4 Å². The summed E-state index contributed by atoms with van der Waals surface area (Å²) in [5, 5.41) is 12.6. The highest BCUT2D eigenvalue weighted by Gasteiger charge is 2.33. The molecule has 0 unspecified atom stereocenters. The lowest BCUT2D eigenvalue weighted by Crippen LogP contribution is -2.49. The summed E-state index contributed by atoms with van der Waals surface area (Å²) in [5.74, 6) is -3.17. The highest BCUT2D eigenvalue weighted by Crippen LogP contribution is 2.38.